The molecule has 94 valence electrons. The number of rotatable bonds is 5. The van der Waals surface area contributed by atoms with Crippen molar-refractivity contribution in [2.45, 2.75) is 19.4 Å². The van der Waals surface area contributed by atoms with Gasteiger partial charge in [-0.05, 0) is 41.9 Å². The summed E-state index contributed by atoms with van der Waals surface area (Å²) >= 11 is 4.92. The Bertz CT molecular complexity index is 390. The number of amides is 1. The lowest BCUT2D eigenvalue weighted by atomic mass is 10.1. The second kappa shape index (κ2) is 6.42. The Hall–Kier alpha value is -0.520. The van der Waals surface area contributed by atoms with Crippen LogP contribution in [0.4, 0.5) is 5.69 Å². The Morgan fingerprint density at radius 2 is 2.12 bits per heavy atom. The van der Waals surface area contributed by atoms with Crippen LogP contribution in [0.15, 0.2) is 28.7 Å². The molecule has 0 saturated heterocycles. The van der Waals surface area contributed by atoms with Crippen LogP contribution in [-0.2, 0) is 4.79 Å². The third-order valence-electron chi connectivity index (χ3n) is 1.86. The minimum atomic E-state index is -0.238. The first-order chi connectivity index (χ1) is 7.88. The summed E-state index contributed by atoms with van der Waals surface area (Å²) in [4.78, 5) is 11.7. The molecule has 1 aromatic rings. The number of hydrogen-bond acceptors (Lipinski definition) is 3. The molecule has 0 bridgehead atoms. The zero-order chi connectivity index (χ0) is 12.9. The van der Waals surface area contributed by atoms with Gasteiger partial charge in [-0.1, -0.05) is 12.1 Å². The van der Waals surface area contributed by atoms with Gasteiger partial charge in [0.25, 0.3) is 0 Å². The maximum atomic E-state index is 11.7. The van der Waals surface area contributed by atoms with Crippen molar-refractivity contribution in [2.75, 3.05) is 16.8 Å². The molecule has 0 aliphatic heterocycles. The number of thioether (sulfide) groups is 1. The molecule has 1 rings (SSSR count). The quantitative estimate of drug-likeness (QED) is 0.878. The highest BCUT2D eigenvalue weighted by atomic mass is 79.9. The first-order valence-electron chi connectivity index (χ1n) is 5.29. The van der Waals surface area contributed by atoms with Gasteiger partial charge in [-0.25, -0.2) is 0 Å². The molecule has 0 radical (unpaired) electrons. The molecule has 0 spiro atoms. The second-order valence-corrected chi connectivity index (χ2v) is 6.35. The van der Waals surface area contributed by atoms with E-state index in [4.69, 9.17) is 5.73 Å². The monoisotopic (exact) mass is 316 g/mol. The Kier molecular flexibility index (Phi) is 5.49. The normalized spacial score (nSPS) is 11.3. The number of carbonyl (C=O) groups is 1. The molecule has 17 heavy (non-hydrogen) atoms. The fraction of sp³-hybridized carbons (Fsp3) is 0.417. The van der Waals surface area contributed by atoms with Crippen molar-refractivity contribution < 1.29 is 4.79 Å². The summed E-state index contributed by atoms with van der Waals surface area (Å²) < 4.78 is 0.887. The Morgan fingerprint density at radius 1 is 1.47 bits per heavy atom. The highest BCUT2D eigenvalue weighted by Crippen LogP contribution is 2.21. The average Bonchev–Trinajstić information content (AvgIpc) is 2.19. The van der Waals surface area contributed by atoms with E-state index in [2.05, 4.69) is 21.2 Å². The van der Waals surface area contributed by atoms with Crippen LogP contribution < -0.4 is 11.1 Å². The predicted molar refractivity (Wildman–Crippen MR) is 78.4 cm³/mol. The van der Waals surface area contributed by atoms with E-state index in [1.54, 1.807) is 11.8 Å². The summed E-state index contributed by atoms with van der Waals surface area (Å²) in [5.41, 5.74) is 6.40. The van der Waals surface area contributed by atoms with Gasteiger partial charge in [-0.15, -0.1) is 0 Å². The van der Waals surface area contributed by atoms with Gasteiger partial charge in [0.1, 0.15) is 0 Å². The van der Waals surface area contributed by atoms with Crippen LogP contribution in [0.5, 0.6) is 0 Å². The second-order valence-electron chi connectivity index (χ2n) is 4.51. The lowest BCUT2D eigenvalue weighted by molar-refractivity contribution is -0.113. The lowest BCUT2D eigenvalue weighted by Gasteiger charge is -2.17. The summed E-state index contributed by atoms with van der Waals surface area (Å²) in [7, 11) is 0. The topological polar surface area (TPSA) is 55.1 Å². The molecule has 1 aromatic carbocycles. The Labute approximate surface area is 115 Å². The van der Waals surface area contributed by atoms with Crippen molar-refractivity contribution in [1.29, 1.82) is 0 Å². The molecular weight excluding hydrogens is 300 g/mol. The summed E-state index contributed by atoms with van der Waals surface area (Å²) in [6.07, 6.45) is 0. The number of para-hydroxylation sites is 1. The van der Waals surface area contributed by atoms with Gasteiger partial charge >= 0.3 is 0 Å². The number of carbonyl (C=O) groups excluding carboxylic acids is 1. The summed E-state index contributed by atoms with van der Waals surface area (Å²) in [5.74, 6) is 1.17. The fourth-order valence-corrected chi connectivity index (χ4v) is 2.43. The number of halogens is 1. The van der Waals surface area contributed by atoms with Crippen molar-refractivity contribution in [3.05, 3.63) is 28.7 Å². The Balaban J connectivity index is 2.38. The molecule has 0 aliphatic carbocycles. The van der Waals surface area contributed by atoms with Gasteiger partial charge < -0.3 is 11.1 Å². The summed E-state index contributed by atoms with van der Waals surface area (Å²) in [6.45, 7) is 3.90. The fourth-order valence-electron chi connectivity index (χ4n) is 1.16. The third-order valence-corrected chi connectivity index (χ3v) is 3.96. The number of hydrogen-bond donors (Lipinski definition) is 2. The molecule has 1 amide bonds. The van der Waals surface area contributed by atoms with Crippen molar-refractivity contribution in [1.82, 2.24) is 0 Å². The van der Waals surface area contributed by atoms with Crippen LogP contribution in [0, 0.1) is 0 Å². The molecule has 0 fully saturated rings. The molecule has 0 atom stereocenters. The molecule has 3 nitrogen and oxygen atoms in total. The van der Waals surface area contributed by atoms with Crippen LogP contribution in [0.3, 0.4) is 0 Å². The number of nitrogens with one attached hydrogen (secondary N) is 1. The standard InChI is InChI=1S/C12H17BrN2OS/c1-12(2,14)8-17-7-11(16)15-10-6-4-3-5-9(10)13/h3-6H,7-8,14H2,1-2H3,(H,15,16). The van der Waals surface area contributed by atoms with E-state index < -0.39 is 0 Å². The van der Waals surface area contributed by atoms with Crippen molar-refractivity contribution in [3.63, 3.8) is 0 Å². The van der Waals surface area contributed by atoms with Crippen LogP contribution in [0.2, 0.25) is 0 Å². The van der Waals surface area contributed by atoms with Gasteiger partial charge in [0.2, 0.25) is 5.91 Å². The van der Waals surface area contributed by atoms with E-state index in [0.29, 0.717) is 5.75 Å². The molecule has 0 heterocycles. The molecule has 0 saturated carbocycles. The van der Waals surface area contributed by atoms with Crippen molar-refractivity contribution in [3.8, 4) is 0 Å². The van der Waals surface area contributed by atoms with Gasteiger partial charge in [-0.3, -0.25) is 4.79 Å². The minimum Gasteiger partial charge on any atom is -0.325 e. The molecule has 0 unspecified atom stereocenters. The molecular formula is C12H17BrN2OS. The number of anilines is 1. The lowest BCUT2D eigenvalue weighted by Crippen LogP contribution is -2.35. The van der Waals surface area contributed by atoms with Crippen LogP contribution >= 0.6 is 27.7 Å². The SMILES string of the molecule is CC(C)(N)CSCC(=O)Nc1ccccc1Br. The highest BCUT2D eigenvalue weighted by molar-refractivity contribution is 9.10. The first kappa shape index (κ1) is 14.5. The molecule has 0 aliphatic rings. The van der Waals surface area contributed by atoms with Crippen LogP contribution in [0.25, 0.3) is 0 Å². The zero-order valence-electron chi connectivity index (χ0n) is 10.00. The van der Waals surface area contributed by atoms with Gasteiger partial charge in [0.05, 0.1) is 11.4 Å². The molecule has 0 aromatic heterocycles. The maximum absolute atomic E-state index is 11.7. The van der Waals surface area contributed by atoms with Crippen molar-refractivity contribution in [2.24, 2.45) is 5.73 Å². The smallest absolute Gasteiger partial charge is 0.234 e. The van der Waals surface area contributed by atoms with Crippen LogP contribution in [-0.4, -0.2) is 23.0 Å². The molecule has 5 heteroatoms. The largest absolute Gasteiger partial charge is 0.325 e. The van der Waals surface area contributed by atoms with E-state index in [0.717, 1.165) is 15.9 Å². The first-order valence-corrected chi connectivity index (χ1v) is 7.24. The van der Waals surface area contributed by atoms with Gasteiger partial charge in [0.15, 0.2) is 0 Å². The average molecular weight is 317 g/mol. The zero-order valence-corrected chi connectivity index (χ0v) is 12.4. The van der Waals surface area contributed by atoms with E-state index in [-0.39, 0.29) is 11.4 Å². The van der Waals surface area contributed by atoms with Gasteiger partial charge in [-0.2, -0.15) is 11.8 Å². The minimum absolute atomic E-state index is 0.00819. The number of nitrogens with two attached hydrogens (primary N) is 1. The Morgan fingerprint density at radius 3 is 2.71 bits per heavy atom. The summed E-state index contributed by atoms with van der Waals surface area (Å²) in [5, 5.41) is 2.85. The van der Waals surface area contributed by atoms with E-state index >= 15 is 0 Å². The van der Waals surface area contributed by atoms with E-state index in [1.165, 1.54) is 0 Å². The third kappa shape index (κ3) is 6.10. The maximum Gasteiger partial charge on any atom is 0.234 e. The molecule has 3 N–H and O–H groups in total. The summed E-state index contributed by atoms with van der Waals surface area (Å²) in [6, 6.07) is 7.55. The van der Waals surface area contributed by atoms with Crippen molar-refractivity contribution >= 4 is 39.3 Å². The predicted octanol–water partition coefficient (Wildman–Crippen LogP) is 2.86. The van der Waals surface area contributed by atoms with E-state index in [1.807, 2.05) is 38.1 Å². The highest BCUT2D eigenvalue weighted by Gasteiger charge is 2.12. The van der Waals surface area contributed by atoms with Gasteiger partial charge in [0, 0.05) is 15.8 Å². The van der Waals surface area contributed by atoms with E-state index in [9.17, 15) is 4.79 Å². The van der Waals surface area contributed by atoms with Crippen LogP contribution in [0.1, 0.15) is 13.8 Å². The number of benzene rings is 1.